The molecule has 0 saturated heterocycles. The zero-order valence-corrected chi connectivity index (χ0v) is 14.4. The zero-order valence-electron chi connectivity index (χ0n) is 13.6. The lowest BCUT2D eigenvalue weighted by Crippen LogP contribution is -2.36. The van der Waals surface area contributed by atoms with Crippen LogP contribution >= 0.6 is 0 Å². The van der Waals surface area contributed by atoms with Gasteiger partial charge in [-0.15, -0.1) is 0 Å². The van der Waals surface area contributed by atoms with Crippen LogP contribution in [0.2, 0.25) is 0 Å². The average Bonchev–Trinajstić information content (AvgIpc) is 2.73. The van der Waals surface area contributed by atoms with Gasteiger partial charge in [-0.05, 0) is 32.0 Å². The molecule has 1 heterocycles. The Hall–Kier alpha value is -2.18. The molecular weight excluding hydrogens is 326 g/mol. The van der Waals surface area contributed by atoms with Gasteiger partial charge in [0.25, 0.3) is 0 Å². The van der Waals surface area contributed by atoms with Gasteiger partial charge in [0.15, 0.2) is 5.78 Å². The summed E-state index contributed by atoms with van der Waals surface area (Å²) >= 11 is 0. The van der Waals surface area contributed by atoms with Gasteiger partial charge in [-0.3, -0.25) is 4.79 Å². The summed E-state index contributed by atoms with van der Waals surface area (Å²) in [4.78, 5) is 11.5. The molecule has 0 amide bonds. The molecule has 1 unspecified atom stereocenters. The minimum Gasteiger partial charge on any atom is -0.489 e. The van der Waals surface area contributed by atoms with Crippen LogP contribution in [0.25, 0.3) is 0 Å². The van der Waals surface area contributed by atoms with Gasteiger partial charge in [0, 0.05) is 17.7 Å². The van der Waals surface area contributed by atoms with Crippen molar-refractivity contribution >= 4 is 15.8 Å². The molecule has 0 bridgehead atoms. The van der Waals surface area contributed by atoms with E-state index in [1.165, 1.54) is 23.4 Å². The normalized spacial score (nSPS) is 18.3. The molecule has 0 aromatic heterocycles. The average molecular weight is 345 g/mol. The molecule has 1 aliphatic rings. The van der Waals surface area contributed by atoms with E-state index in [0.29, 0.717) is 5.56 Å². The van der Waals surface area contributed by atoms with E-state index < -0.39 is 10.0 Å². The van der Waals surface area contributed by atoms with Crippen molar-refractivity contribution in [3.63, 3.8) is 0 Å². The second kappa shape index (κ2) is 6.37. The van der Waals surface area contributed by atoms with Crippen molar-refractivity contribution in [1.29, 1.82) is 0 Å². The molecule has 0 N–H and O–H groups in total. The number of sulfonamides is 1. The largest absolute Gasteiger partial charge is 0.489 e. The maximum atomic E-state index is 13.0. The van der Waals surface area contributed by atoms with Crippen LogP contribution < -0.4 is 4.74 Å². The van der Waals surface area contributed by atoms with Gasteiger partial charge in [0.05, 0.1) is 11.4 Å². The quantitative estimate of drug-likeness (QED) is 0.803. The van der Waals surface area contributed by atoms with E-state index in [1.807, 2.05) is 31.2 Å². The van der Waals surface area contributed by atoms with Crippen molar-refractivity contribution in [2.75, 3.05) is 6.54 Å². The van der Waals surface area contributed by atoms with Crippen LogP contribution in [-0.4, -0.2) is 31.2 Å². The standard InChI is InChI=1S/C18H19NO4S/c1-13-11-19(12-16-5-3-4-6-18(16)23-13)24(21,22)17-9-7-15(8-10-17)14(2)20/h3-10,13H,11-12H2,1-2H3. The fourth-order valence-corrected chi connectivity index (χ4v) is 4.23. The van der Waals surface area contributed by atoms with Crippen LogP contribution in [0.3, 0.4) is 0 Å². The first-order valence-electron chi connectivity index (χ1n) is 7.73. The van der Waals surface area contributed by atoms with Crippen molar-refractivity contribution in [3.8, 4) is 5.75 Å². The number of para-hydroxylation sites is 1. The summed E-state index contributed by atoms with van der Waals surface area (Å²) in [5.74, 6) is 0.624. The summed E-state index contributed by atoms with van der Waals surface area (Å²) in [7, 11) is -3.66. The Labute approximate surface area is 141 Å². The third-order valence-electron chi connectivity index (χ3n) is 4.01. The van der Waals surface area contributed by atoms with Gasteiger partial charge < -0.3 is 4.74 Å². The number of hydrogen-bond donors (Lipinski definition) is 0. The van der Waals surface area contributed by atoms with E-state index in [1.54, 1.807) is 12.1 Å². The molecule has 1 aliphatic heterocycles. The van der Waals surface area contributed by atoms with Crippen LogP contribution in [0.1, 0.15) is 29.8 Å². The first kappa shape index (κ1) is 16.7. The molecule has 0 spiro atoms. The lowest BCUT2D eigenvalue weighted by atomic mass is 10.2. The number of carbonyl (C=O) groups is 1. The topological polar surface area (TPSA) is 63.7 Å². The fourth-order valence-electron chi connectivity index (χ4n) is 2.74. The molecule has 0 radical (unpaired) electrons. The summed E-state index contributed by atoms with van der Waals surface area (Å²) in [6.07, 6.45) is -0.250. The molecule has 24 heavy (non-hydrogen) atoms. The van der Waals surface area contributed by atoms with Crippen LogP contribution in [0, 0.1) is 0 Å². The minimum absolute atomic E-state index is 0.0929. The number of fused-ring (bicyclic) bond motifs is 1. The predicted molar refractivity (Wildman–Crippen MR) is 90.6 cm³/mol. The van der Waals surface area contributed by atoms with Gasteiger partial charge in [0.2, 0.25) is 10.0 Å². The highest BCUT2D eigenvalue weighted by molar-refractivity contribution is 7.89. The first-order valence-corrected chi connectivity index (χ1v) is 9.17. The van der Waals surface area contributed by atoms with Gasteiger partial charge in [-0.2, -0.15) is 4.31 Å². The smallest absolute Gasteiger partial charge is 0.243 e. The minimum atomic E-state index is -3.66. The lowest BCUT2D eigenvalue weighted by Gasteiger charge is -2.21. The Morgan fingerprint density at radius 2 is 1.79 bits per heavy atom. The highest BCUT2D eigenvalue weighted by atomic mass is 32.2. The number of nitrogens with zero attached hydrogens (tertiary/aromatic N) is 1. The van der Waals surface area contributed by atoms with Crippen molar-refractivity contribution in [3.05, 3.63) is 59.7 Å². The predicted octanol–water partition coefficient (Wildman–Crippen LogP) is 2.86. The number of rotatable bonds is 3. The van der Waals surface area contributed by atoms with Crippen molar-refractivity contribution < 1.29 is 17.9 Å². The van der Waals surface area contributed by atoms with E-state index in [0.717, 1.165) is 11.3 Å². The molecule has 0 saturated carbocycles. The van der Waals surface area contributed by atoms with Crippen molar-refractivity contribution in [1.82, 2.24) is 4.31 Å². The highest BCUT2D eigenvalue weighted by Gasteiger charge is 2.30. The monoisotopic (exact) mass is 345 g/mol. The summed E-state index contributed by atoms with van der Waals surface area (Å²) in [6, 6.07) is 13.5. The lowest BCUT2D eigenvalue weighted by molar-refractivity contribution is 0.101. The van der Waals surface area contributed by atoms with Crippen LogP contribution in [0.4, 0.5) is 0 Å². The number of hydrogen-bond acceptors (Lipinski definition) is 4. The second-order valence-corrected chi connectivity index (χ2v) is 7.85. The molecule has 2 aromatic rings. The van der Waals surface area contributed by atoms with E-state index in [9.17, 15) is 13.2 Å². The fraction of sp³-hybridized carbons (Fsp3) is 0.278. The number of benzene rings is 2. The highest BCUT2D eigenvalue weighted by Crippen LogP contribution is 2.28. The first-order chi connectivity index (χ1) is 11.4. The van der Waals surface area contributed by atoms with Gasteiger partial charge >= 0.3 is 0 Å². The summed E-state index contributed by atoms with van der Waals surface area (Å²) < 4.78 is 33.2. The maximum absolute atomic E-state index is 13.0. The molecule has 0 fully saturated rings. The Kier molecular flexibility index (Phi) is 4.43. The molecule has 3 rings (SSSR count). The van der Waals surface area contributed by atoms with Crippen LogP contribution in [0.15, 0.2) is 53.4 Å². The van der Waals surface area contributed by atoms with Gasteiger partial charge in [-0.25, -0.2) is 8.42 Å². The Morgan fingerprint density at radius 1 is 1.12 bits per heavy atom. The second-order valence-electron chi connectivity index (χ2n) is 5.91. The Morgan fingerprint density at radius 3 is 2.46 bits per heavy atom. The number of ether oxygens (including phenoxy) is 1. The Bertz CT molecular complexity index is 859. The van der Waals surface area contributed by atoms with E-state index in [-0.39, 0.29) is 29.9 Å². The molecular formula is C18H19NO4S. The summed E-state index contributed by atoms with van der Waals surface area (Å²) in [5.41, 5.74) is 1.33. The third-order valence-corrected chi connectivity index (χ3v) is 5.83. The number of Topliss-reactive ketones (excluding diaryl/α,β-unsaturated/α-hetero) is 1. The summed E-state index contributed by atoms with van der Waals surface area (Å²) in [6.45, 7) is 3.83. The molecule has 0 aliphatic carbocycles. The van der Waals surface area contributed by atoms with E-state index in [2.05, 4.69) is 0 Å². The van der Waals surface area contributed by atoms with Gasteiger partial charge in [-0.1, -0.05) is 30.3 Å². The molecule has 126 valence electrons. The van der Waals surface area contributed by atoms with Crippen molar-refractivity contribution in [2.24, 2.45) is 0 Å². The SMILES string of the molecule is CC(=O)c1ccc(S(=O)(=O)N2Cc3ccccc3OC(C)C2)cc1. The van der Waals surface area contributed by atoms with Crippen molar-refractivity contribution in [2.45, 2.75) is 31.4 Å². The maximum Gasteiger partial charge on any atom is 0.243 e. The molecule has 5 nitrogen and oxygen atoms in total. The molecule has 1 atom stereocenters. The molecule has 6 heteroatoms. The van der Waals surface area contributed by atoms with Crippen LogP contribution in [-0.2, 0) is 16.6 Å². The number of ketones is 1. The zero-order chi connectivity index (χ0) is 17.3. The Balaban J connectivity index is 1.95. The molecule has 2 aromatic carbocycles. The van der Waals surface area contributed by atoms with E-state index >= 15 is 0 Å². The van der Waals surface area contributed by atoms with E-state index in [4.69, 9.17) is 4.74 Å². The number of carbonyl (C=O) groups excluding carboxylic acids is 1. The summed E-state index contributed by atoms with van der Waals surface area (Å²) in [5, 5.41) is 0. The third kappa shape index (κ3) is 3.20. The van der Waals surface area contributed by atoms with Gasteiger partial charge in [0.1, 0.15) is 11.9 Å². The van der Waals surface area contributed by atoms with Crippen LogP contribution in [0.5, 0.6) is 5.75 Å².